The molecule has 0 aromatic carbocycles. The lowest BCUT2D eigenvalue weighted by Gasteiger charge is -2.19. The number of aromatic nitrogens is 3. The van der Waals surface area contributed by atoms with Crippen LogP contribution < -0.4 is 0 Å². The standard InChI is InChI=1S/C12H15N5O2/c1-15(2)11(18)7-16(3)12(19)9-4-5-10-13-8-14-17(10)6-9/h4-6,8H,7H2,1-3H3. The van der Waals surface area contributed by atoms with Gasteiger partial charge in [-0.1, -0.05) is 0 Å². The zero-order chi connectivity index (χ0) is 14.0. The van der Waals surface area contributed by atoms with Gasteiger partial charge in [0.1, 0.15) is 6.33 Å². The number of nitrogens with zero attached hydrogens (tertiary/aromatic N) is 5. The van der Waals surface area contributed by atoms with E-state index in [1.165, 1.54) is 20.6 Å². The van der Waals surface area contributed by atoms with Crippen molar-refractivity contribution in [3.63, 3.8) is 0 Å². The molecule has 0 saturated heterocycles. The van der Waals surface area contributed by atoms with Gasteiger partial charge < -0.3 is 9.80 Å². The number of amides is 2. The molecule has 0 N–H and O–H groups in total. The Bertz CT molecular complexity index is 619. The Kier molecular flexibility index (Phi) is 3.46. The lowest BCUT2D eigenvalue weighted by molar-refractivity contribution is -0.129. The Balaban J connectivity index is 2.16. The van der Waals surface area contributed by atoms with Crippen molar-refractivity contribution in [2.75, 3.05) is 27.7 Å². The predicted octanol–water partition coefficient (Wildman–Crippen LogP) is -0.111. The fourth-order valence-electron chi connectivity index (χ4n) is 1.58. The van der Waals surface area contributed by atoms with Crippen LogP contribution in [0.1, 0.15) is 10.4 Å². The Morgan fingerprint density at radius 2 is 2.00 bits per heavy atom. The van der Waals surface area contributed by atoms with Gasteiger partial charge in [-0.05, 0) is 12.1 Å². The maximum Gasteiger partial charge on any atom is 0.255 e. The minimum Gasteiger partial charge on any atom is -0.347 e. The first-order valence-corrected chi connectivity index (χ1v) is 5.74. The molecule has 2 aromatic heterocycles. The first kappa shape index (κ1) is 13.0. The molecule has 0 unspecified atom stereocenters. The highest BCUT2D eigenvalue weighted by atomic mass is 16.2. The lowest BCUT2D eigenvalue weighted by Crippen LogP contribution is -2.37. The number of hydrogen-bond donors (Lipinski definition) is 0. The summed E-state index contributed by atoms with van der Waals surface area (Å²) in [6, 6.07) is 3.38. The van der Waals surface area contributed by atoms with Gasteiger partial charge in [-0.2, -0.15) is 5.10 Å². The van der Waals surface area contributed by atoms with E-state index in [1.807, 2.05) is 0 Å². The van der Waals surface area contributed by atoms with Crippen LogP contribution in [0.25, 0.3) is 5.65 Å². The smallest absolute Gasteiger partial charge is 0.255 e. The zero-order valence-corrected chi connectivity index (χ0v) is 11.1. The third-order valence-corrected chi connectivity index (χ3v) is 2.74. The summed E-state index contributed by atoms with van der Waals surface area (Å²) in [5.74, 6) is -0.356. The maximum atomic E-state index is 12.2. The second-order valence-corrected chi connectivity index (χ2v) is 4.43. The lowest BCUT2D eigenvalue weighted by atomic mass is 10.2. The second kappa shape index (κ2) is 5.05. The fourth-order valence-corrected chi connectivity index (χ4v) is 1.58. The van der Waals surface area contributed by atoms with E-state index in [1.54, 1.807) is 39.5 Å². The zero-order valence-electron chi connectivity index (χ0n) is 11.1. The van der Waals surface area contributed by atoms with Crippen LogP contribution in [-0.4, -0.2) is 63.9 Å². The van der Waals surface area contributed by atoms with Crippen LogP contribution >= 0.6 is 0 Å². The van der Waals surface area contributed by atoms with E-state index in [0.29, 0.717) is 11.2 Å². The molecule has 0 aliphatic rings. The van der Waals surface area contributed by atoms with Gasteiger partial charge in [0.15, 0.2) is 5.65 Å². The molecule has 19 heavy (non-hydrogen) atoms. The molecule has 2 amide bonds. The van der Waals surface area contributed by atoms with Crippen LogP contribution in [0.3, 0.4) is 0 Å². The summed E-state index contributed by atoms with van der Waals surface area (Å²) in [4.78, 5) is 30.6. The molecular formula is C12H15N5O2. The summed E-state index contributed by atoms with van der Waals surface area (Å²) in [5.41, 5.74) is 1.13. The van der Waals surface area contributed by atoms with Gasteiger partial charge in [0, 0.05) is 27.3 Å². The summed E-state index contributed by atoms with van der Waals surface area (Å²) < 4.78 is 1.52. The van der Waals surface area contributed by atoms with Crippen LogP contribution in [0.4, 0.5) is 0 Å². The summed E-state index contributed by atoms with van der Waals surface area (Å²) in [5, 5.41) is 3.97. The van der Waals surface area contributed by atoms with Gasteiger partial charge >= 0.3 is 0 Å². The number of carbonyl (C=O) groups is 2. The fraction of sp³-hybridized carbons (Fsp3) is 0.333. The van der Waals surface area contributed by atoms with Crippen molar-refractivity contribution in [2.45, 2.75) is 0 Å². The molecule has 0 fully saturated rings. The first-order valence-electron chi connectivity index (χ1n) is 5.74. The molecule has 7 nitrogen and oxygen atoms in total. The number of likely N-dealkylation sites (N-methyl/N-ethyl adjacent to an activating group) is 2. The first-order chi connectivity index (χ1) is 8.99. The van der Waals surface area contributed by atoms with Gasteiger partial charge in [0.2, 0.25) is 5.91 Å². The molecule has 0 bridgehead atoms. The Morgan fingerprint density at radius 1 is 1.26 bits per heavy atom. The number of fused-ring (bicyclic) bond motifs is 1. The van der Waals surface area contributed by atoms with E-state index in [-0.39, 0.29) is 18.4 Å². The molecule has 2 heterocycles. The molecule has 0 aliphatic heterocycles. The van der Waals surface area contributed by atoms with Gasteiger partial charge in [-0.25, -0.2) is 9.50 Å². The highest BCUT2D eigenvalue weighted by Crippen LogP contribution is 2.06. The maximum absolute atomic E-state index is 12.2. The predicted molar refractivity (Wildman–Crippen MR) is 68.6 cm³/mol. The average molecular weight is 261 g/mol. The molecule has 7 heteroatoms. The van der Waals surface area contributed by atoms with Crippen LogP contribution in [0.5, 0.6) is 0 Å². The largest absolute Gasteiger partial charge is 0.347 e. The van der Waals surface area contributed by atoms with Gasteiger partial charge in [0.05, 0.1) is 12.1 Å². The Labute approximate surface area is 110 Å². The number of hydrogen-bond acceptors (Lipinski definition) is 4. The van der Waals surface area contributed by atoms with Gasteiger partial charge in [-0.15, -0.1) is 0 Å². The average Bonchev–Trinajstić information content (AvgIpc) is 2.84. The molecule has 2 rings (SSSR count). The summed E-state index contributed by atoms with van der Waals surface area (Å²) in [6.45, 7) is 0.0429. The van der Waals surface area contributed by atoms with Crippen molar-refractivity contribution >= 4 is 17.5 Å². The quantitative estimate of drug-likeness (QED) is 0.773. The van der Waals surface area contributed by atoms with Crippen molar-refractivity contribution in [2.24, 2.45) is 0 Å². The molecule has 0 aliphatic carbocycles. The molecule has 0 atom stereocenters. The topological polar surface area (TPSA) is 70.8 Å². The van der Waals surface area contributed by atoms with E-state index in [2.05, 4.69) is 10.1 Å². The second-order valence-electron chi connectivity index (χ2n) is 4.43. The van der Waals surface area contributed by atoms with E-state index in [9.17, 15) is 9.59 Å². The van der Waals surface area contributed by atoms with Crippen LogP contribution in [0.15, 0.2) is 24.7 Å². The monoisotopic (exact) mass is 261 g/mol. The molecule has 0 radical (unpaired) electrons. The van der Waals surface area contributed by atoms with Crippen molar-refractivity contribution in [1.82, 2.24) is 24.4 Å². The Hall–Kier alpha value is -2.44. The highest BCUT2D eigenvalue weighted by molar-refractivity contribution is 5.96. The minimum absolute atomic E-state index is 0.0429. The number of pyridine rings is 1. The van der Waals surface area contributed by atoms with Crippen LogP contribution in [-0.2, 0) is 4.79 Å². The number of carbonyl (C=O) groups excluding carboxylic acids is 2. The summed E-state index contributed by atoms with van der Waals surface area (Å²) >= 11 is 0. The molecule has 0 saturated carbocycles. The van der Waals surface area contributed by atoms with Gasteiger partial charge in [0.25, 0.3) is 5.91 Å². The van der Waals surface area contributed by atoms with E-state index in [4.69, 9.17) is 0 Å². The SMILES string of the molecule is CN(C)C(=O)CN(C)C(=O)c1ccc2ncnn2c1. The van der Waals surface area contributed by atoms with Gasteiger partial charge in [-0.3, -0.25) is 9.59 Å². The normalized spacial score (nSPS) is 10.5. The van der Waals surface area contributed by atoms with E-state index >= 15 is 0 Å². The van der Waals surface area contributed by atoms with Crippen LogP contribution in [0.2, 0.25) is 0 Å². The minimum atomic E-state index is -0.229. The highest BCUT2D eigenvalue weighted by Gasteiger charge is 2.16. The third kappa shape index (κ3) is 2.70. The molecule has 2 aromatic rings. The molecular weight excluding hydrogens is 246 g/mol. The van der Waals surface area contributed by atoms with Crippen LogP contribution in [0, 0.1) is 0 Å². The Morgan fingerprint density at radius 3 is 2.68 bits per heavy atom. The summed E-state index contributed by atoms with van der Waals surface area (Å²) in [7, 11) is 4.90. The molecule has 0 spiro atoms. The van der Waals surface area contributed by atoms with E-state index in [0.717, 1.165) is 0 Å². The van der Waals surface area contributed by atoms with Crippen molar-refractivity contribution in [1.29, 1.82) is 0 Å². The molecule has 100 valence electrons. The number of rotatable bonds is 3. The summed E-state index contributed by atoms with van der Waals surface area (Å²) in [6.07, 6.45) is 3.02. The van der Waals surface area contributed by atoms with Crippen molar-refractivity contribution in [3.8, 4) is 0 Å². The van der Waals surface area contributed by atoms with Crippen molar-refractivity contribution in [3.05, 3.63) is 30.2 Å². The van der Waals surface area contributed by atoms with E-state index < -0.39 is 0 Å². The third-order valence-electron chi connectivity index (χ3n) is 2.74. The van der Waals surface area contributed by atoms with Crippen molar-refractivity contribution < 1.29 is 9.59 Å².